The zero-order chi connectivity index (χ0) is 14.5. The third kappa shape index (κ3) is 4.17. The van der Waals surface area contributed by atoms with Crippen LogP contribution >= 0.6 is 22.6 Å². The Balaban J connectivity index is 1.95. The third-order valence-electron chi connectivity index (χ3n) is 3.40. The Labute approximate surface area is 131 Å². The van der Waals surface area contributed by atoms with Crippen LogP contribution < -0.4 is 5.32 Å². The number of hydrogen-bond donors (Lipinski definition) is 2. The highest BCUT2D eigenvalue weighted by atomic mass is 127. The molecule has 1 fully saturated rings. The van der Waals surface area contributed by atoms with Crippen LogP contribution in [-0.4, -0.2) is 41.5 Å². The summed E-state index contributed by atoms with van der Waals surface area (Å²) in [5, 5.41) is 11.0. The summed E-state index contributed by atoms with van der Waals surface area (Å²) in [6.07, 6.45) is 2.09. The monoisotopic (exact) mass is 388 g/mol. The van der Waals surface area contributed by atoms with Gasteiger partial charge in [0.05, 0.1) is 6.54 Å². The number of carbonyl (C=O) groups excluding carboxylic acids is 1. The number of carbonyl (C=O) groups is 2. The first kappa shape index (κ1) is 15.2. The van der Waals surface area contributed by atoms with Crippen LogP contribution in [0.2, 0.25) is 0 Å². The first-order chi connectivity index (χ1) is 9.56. The summed E-state index contributed by atoms with van der Waals surface area (Å²) in [7, 11) is 0. The van der Waals surface area contributed by atoms with Crippen LogP contribution in [0.25, 0.3) is 0 Å². The summed E-state index contributed by atoms with van der Waals surface area (Å²) >= 11 is 2.27. The molecule has 1 aromatic rings. The molecule has 1 heterocycles. The van der Waals surface area contributed by atoms with E-state index in [0.717, 1.165) is 19.4 Å². The Morgan fingerprint density at radius 3 is 2.70 bits per heavy atom. The van der Waals surface area contributed by atoms with Crippen LogP contribution in [0.1, 0.15) is 24.4 Å². The molecule has 1 unspecified atom stereocenters. The van der Waals surface area contributed by atoms with Gasteiger partial charge in [-0.25, -0.2) is 0 Å². The molecule has 108 valence electrons. The van der Waals surface area contributed by atoms with Crippen LogP contribution in [0, 0.1) is 3.57 Å². The molecule has 2 rings (SSSR count). The minimum atomic E-state index is -1.02. The van der Waals surface area contributed by atoms with Crippen LogP contribution in [0.15, 0.2) is 24.3 Å². The maximum absolute atomic E-state index is 11.7. The van der Waals surface area contributed by atoms with Gasteiger partial charge in [0.2, 0.25) is 5.91 Å². The lowest BCUT2D eigenvalue weighted by atomic mass is 10.0. The number of rotatable bonds is 5. The molecular formula is C14H17IN2O3. The number of carboxylic acid groups (broad SMARTS) is 1. The fraction of sp³-hybridized carbons (Fsp3) is 0.429. The van der Waals surface area contributed by atoms with E-state index < -0.39 is 5.97 Å². The third-order valence-corrected chi connectivity index (χ3v) is 4.12. The van der Waals surface area contributed by atoms with Gasteiger partial charge in [0.15, 0.2) is 0 Å². The summed E-state index contributed by atoms with van der Waals surface area (Å²) < 4.78 is 1.19. The average Bonchev–Trinajstić information content (AvgIpc) is 2.85. The number of benzene rings is 1. The van der Waals surface area contributed by atoms with Crippen molar-refractivity contribution in [1.82, 2.24) is 10.2 Å². The Morgan fingerprint density at radius 2 is 2.05 bits per heavy atom. The summed E-state index contributed by atoms with van der Waals surface area (Å²) in [4.78, 5) is 24.3. The van der Waals surface area contributed by atoms with Crippen molar-refractivity contribution in [3.63, 3.8) is 0 Å². The molecule has 0 saturated carbocycles. The molecule has 0 radical (unpaired) electrons. The minimum Gasteiger partial charge on any atom is -0.480 e. The molecule has 1 aliphatic rings. The second kappa shape index (κ2) is 7.03. The Morgan fingerprint density at radius 1 is 1.35 bits per heavy atom. The Hall–Kier alpha value is -1.15. The smallest absolute Gasteiger partial charge is 0.322 e. The molecule has 20 heavy (non-hydrogen) atoms. The highest BCUT2D eigenvalue weighted by Crippen LogP contribution is 2.31. The molecular weight excluding hydrogens is 371 g/mol. The predicted octanol–water partition coefficient (Wildman–Crippen LogP) is 1.63. The van der Waals surface area contributed by atoms with E-state index in [0.29, 0.717) is 0 Å². The molecule has 1 aliphatic heterocycles. The Kier molecular flexibility index (Phi) is 5.36. The van der Waals surface area contributed by atoms with Crippen molar-refractivity contribution in [3.05, 3.63) is 33.4 Å². The highest BCUT2D eigenvalue weighted by molar-refractivity contribution is 14.1. The van der Waals surface area contributed by atoms with Gasteiger partial charge >= 0.3 is 5.97 Å². The van der Waals surface area contributed by atoms with Crippen molar-refractivity contribution in [2.75, 3.05) is 19.6 Å². The number of nitrogens with zero attached hydrogens (tertiary/aromatic N) is 1. The zero-order valence-electron chi connectivity index (χ0n) is 11.0. The number of nitrogens with one attached hydrogen (secondary N) is 1. The van der Waals surface area contributed by atoms with Gasteiger partial charge in [0, 0.05) is 9.61 Å². The largest absolute Gasteiger partial charge is 0.480 e. The van der Waals surface area contributed by atoms with Crippen LogP contribution in [0.5, 0.6) is 0 Å². The van der Waals surface area contributed by atoms with Gasteiger partial charge in [-0.2, -0.15) is 0 Å². The van der Waals surface area contributed by atoms with E-state index >= 15 is 0 Å². The normalized spacial score (nSPS) is 18.9. The number of halogens is 1. The summed E-state index contributed by atoms with van der Waals surface area (Å²) in [6, 6.07) is 8.58. The van der Waals surface area contributed by atoms with E-state index in [1.807, 2.05) is 0 Å². The molecule has 5 nitrogen and oxygen atoms in total. The average molecular weight is 388 g/mol. The van der Waals surface area contributed by atoms with Crippen molar-refractivity contribution >= 4 is 34.5 Å². The summed E-state index contributed by atoms with van der Waals surface area (Å²) in [6.45, 7) is 0.807. The number of hydrogen-bond acceptors (Lipinski definition) is 3. The molecule has 0 spiro atoms. The van der Waals surface area contributed by atoms with E-state index in [-0.39, 0.29) is 25.0 Å². The van der Waals surface area contributed by atoms with Gasteiger partial charge < -0.3 is 10.4 Å². The van der Waals surface area contributed by atoms with E-state index in [1.165, 1.54) is 9.13 Å². The maximum atomic E-state index is 11.7. The molecule has 0 bridgehead atoms. The topological polar surface area (TPSA) is 69.6 Å². The van der Waals surface area contributed by atoms with Crippen LogP contribution in [-0.2, 0) is 9.59 Å². The van der Waals surface area contributed by atoms with Gasteiger partial charge in [-0.05, 0) is 59.7 Å². The number of carboxylic acids is 1. The fourth-order valence-corrected chi connectivity index (χ4v) is 2.85. The molecule has 6 heteroatoms. The van der Waals surface area contributed by atoms with E-state index in [9.17, 15) is 9.59 Å². The van der Waals surface area contributed by atoms with Gasteiger partial charge in [0.1, 0.15) is 6.54 Å². The number of amides is 1. The van der Waals surface area contributed by atoms with Gasteiger partial charge in [0.25, 0.3) is 0 Å². The first-order valence-corrected chi connectivity index (χ1v) is 7.62. The summed E-state index contributed by atoms with van der Waals surface area (Å²) in [5.41, 5.74) is 1.22. The lowest BCUT2D eigenvalue weighted by Crippen LogP contribution is -2.39. The van der Waals surface area contributed by atoms with Crippen molar-refractivity contribution in [3.8, 4) is 0 Å². The molecule has 0 aromatic heterocycles. The minimum absolute atomic E-state index is 0.232. The fourth-order valence-electron chi connectivity index (χ4n) is 2.49. The van der Waals surface area contributed by atoms with E-state index in [1.54, 1.807) is 0 Å². The van der Waals surface area contributed by atoms with E-state index in [2.05, 4.69) is 57.1 Å². The van der Waals surface area contributed by atoms with Crippen LogP contribution in [0.4, 0.5) is 0 Å². The highest BCUT2D eigenvalue weighted by Gasteiger charge is 2.27. The van der Waals surface area contributed by atoms with Gasteiger partial charge in [-0.15, -0.1) is 0 Å². The quantitative estimate of drug-likeness (QED) is 0.753. The SMILES string of the molecule is O=C(O)CNC(=O)CN1CCCC1c1ccc(I)cc1. The second-order valence-electron chi connectivity index (χ2n) is 4.85. The molecule has 1 aromatic carbocycles. The summed E-state index contributed by atoms with van der Waals surface area (Å²) in [5.74, 6) is -1.25. The van der Waals surface area contributed by atoms with Crippen molar-refractivity contribution in [1.29, 1.82) is 0 Å². The molecule has 1 saturated heterocycles. The standard InChI is InChI=1S/C14H17IN2O3/c15-11-5-3-10(4-6-11)12-2-1-7-17(12)9-13(18)16-8-14(19)20/h3-6,12H,1-2,7-9H2,(H,16,18)(H,19,20). The van der Waals surface area contributed by atoms with Gasteiger partial charge in [-0.3, -0.25) is 14.5 Å². The van der Waals surface area contributed by atoms with Crippen molar-refractivity contribution < 1.29 is 14.7 Å². The number of likely N-dealkylation sites (tertiary alicyclic amines) is 1. The lowest BCUT2D eigenvalue weighted by molar-refractivity contribution is -0.138. The van der Waals surface area contributed by atoms with Crippen molar-refractivity contribution in [2.24, 2.45) is 0 Å². The first-order valence-electron chi connectivity index (χ1n) is 6.54. The molecule has 2 N–H and O–H groups in total. The van der Waals surface area contributed by atoms with Gasteiger partial charge in [-0.1, -0.05) is 12.1 Å². The molecule has 1 amide bonds. The molecule has 0 aliphatic carbocycles. The zero-order valence-corrected chi connectivity index (χ0v) is 13.2. The van der Waals surface area contributed by atoms with Crippen LogP contribution in [0.3, 0.4) is 0 Å². The number of aliphatic carboxylic acids is 1. The second-order valence-corrected chi connectivity index (χ2v) is 6.10. The van der Waals surface area contributed by atoms with E-state index in [4.69, 9.17) is 5.11 Å². The molecule has 1 atom stereocenters. The predicted molar refractivity (Wildman–Crippen MR) is 83.4 cm³/mol. The maximum Gasteiger partial charge on any atom is 0.322 e. The van der Waals surface area contributed by atoms with Crippen molar-refractivity contribution in [2.45, 2.75) is 18.9 Å². The lowest BCUT2D eigenvalue weighted by Gasteiger charge is -2.24. The Bertz CT molecular complexity index is 490.